The number of aromatic amines is 2. The molecule has 0 atom stereocenters. The number of anilines is 1. The molecular formula is C26H22N8OS. The van der Waals surface area contributed by atoms with Gasteiger partial charge in [-0.2, -0.15) is 5.10 Å². The Bertz CT molecular complexity index is 1730. The monoisotopic (exact) mass is 494 g/mol. The highest BCUT2D eigenvalue weighted by Gasteiger charge is 2.22. The van der Waals surface area contributed by atoms with Gasteiger partial charge in [0.1, 0.15) is 16.9 Å². The fourth-order valence-electron chi connectivity index (χ4n) is 3.86. The number of aromatic nitrogens is 7. The zero-order valence-corrected chi connectivity index (χ0v) is 20.6. The smallest absolute Gasteiger partial charge is 0.229 e. The van der Waals surface area contributed by atoms with Gasteiger partial charge in [0, 0.05) is 28.8 Å². The summed E-state index contributed by atoms with van der Waals surface area (Å²) in [4.78, 5) is 35.2. The van der Waals surface area contributed by atoms with E-state index in [9.17, 15) is 4.79 Å². The molecule has 9 nitrogen and oxygen atoms in total. The third-order valence-electron chi connectivity index (χ3n) is 5.80. The van der Waals surface area contributed by atoms with Crippen molar-refractivity contribution in [2.45, 2.75) is 20.8 Å². The number of fused-ring (bicyclic) bond motifs is 2. The van der Waals surface area contributed by atoms with Gasteiger partial charge < -0.3 is 10.3 Å². The van der Waals surface area contributed by atoms with Crippen molar-refractivity contribution in [3.05, 3.63) is 60.5 Å². The molecule has 0 fully saturated rings. The van der Waals surface area contributed by atoms with E-state index in [4.69, 9.17) is 4.98 Å². The zero-order valence-electron chi connectivity index (χ0n) is 19.8. The zero-order chi connectivity index (χ0) is 24.9. The number of carbonyl (C=O) groups is 1. The van der Waals surface area contributed by atoms with E-state index in [1.807, 2.05) is 56.5 Å². The van der Waals surface area contributed by atoms with Gasteiger partial charge in [-0.3, -0.25) is 24.8 Å². The second kappa shape index (κ2) is 8.35. The Morgan fingerprint density at radius 2 is 1.92 bits per heavy atom. The number of rotatable bonds is 4. The van der Waals surface area contributed by atoms with Gasteiger partial charge in [-0.05, 0) is 29.6 Å². The van der Waals surface area contributed by atoms with Gasteiger partial charge in [0.15, 0.2) is 5.82 Å². The molecule has 0 aliphatic carbocycles. The lowest BCUT2D eigenvalue weighted by Crippen LogP contribution is -2.27. The molecule has 0 spiro atoms. The number of imidazole rings is 1. The molecule has 6 aromatic rings. The number of hydrogen-bond acceptors (Lipinski definition) is 7. The minimum Gasteiger partial charge on any atom is -0.336 e. The SMILES string of the molecule is CC(C)(C)C(=O)Nc1cncc(-c2cc3c(-c4nc5c(-c6cccs6)nccc5[nH]4)n[nH]c3cn2)c1. The molecule has 0 unspecified atom stereocenters. The highest BCUT2D eigenvalue weighted by Crippen LogP contribution is 2.33. The van der Waals surface area contributed by atoms with Gasteiger partial charge in [0.25, 0.3) is 0 Å². The standard InChI is InChI=1S/C26H22N8OS/c1-26(2,3)25(35)30-15-9-14(11-27-12-15)18-10-16-19(13-29-18)33-34-21(16)24-31-17-6-7-28-23(22(17)32-24)20-5-4-8-36-20/h4-13H,1-3H3,(H,30,35)(H,31,32)(H,33,34). The Balaban J connectivity index is 1.40. The van der Waals surface area contributed by atoms with E-state index in [0.717, 1.165) is 38.1 Å². The Morgan fingerprint density at radius 1 is 1.03 bits per heavy atom. The van der Waals surface area contributed by atoms with Crippen molar-refractivity contribution < 1.29 is 4.79 Å². The van der Waals surface area contributed by atoms with Crippen LogP contribution < -0.4 is 5.32 Å². The summed E-state index contributed by atoms with van der Waals surface area (Å²) in [7, 11) is 0. The summed E-state index contributed by atoms with van der Waals surface area (Å²) in [6, 6.07) is 9.77. The van der Waals surface area contributed by atoms with Gasteiger partial charge in [-0.25, -0.2) is 4.98 Å². The van der Waals surface area contributed by atoms with Crippen molar-refractivity contribution in [3.8, 4) is 33.3 Å². The molecule has 6 rings (SSSR count). The van der Waals surface area contributed by atoms with Gasteiger partial charge in [0.2, 0.25) is 5.91 Å². The van der Waals surface area contributed by atoms with E-state index in [0.29, 0.717) is 22.9 Å². The van der Waals surface area contributed by atoms with E-state index >= 15 is 0 Å². The summed E-state index contributed by atoms with van der Waals surface area (Å²) in [5.74, 6) is 0.562. The first kappa shape index (κ1) is 22.1. The van der Waals surface area contributed by atoms with Crippen LogP contribution in [0.1, 0.15) is 20.8 Å². The minimum atomic E-state index is -0.510. The van der Waals surface area contributed by atoms with Crippen molar-refractivity contribution in [2.75, 3.05) is 5.32 Å². The molecule has 3 N–H and O–H groups in total. The third-order valence-corrected chi connectivity index (χ3v) is 6.68. The van der Waals surface area contributed by atoms with Crippen molar-refractivity contribution in [1.29, 1.82) is 0 Å². The quantitative estimate of drug-likeness (QED) is 0.290. The Kier molecular flexibility index (Phi) is 5.11. The summed E-state index contributed by atoms with van der Waals surface area (Å²) in [6.07, 6.45) is 6.87. The number of carbonyl (C=O) groups excluding carboxylic acids is 1. The maximum absolute atomic E-state index is 12.4. The molecule has 0 radical (unpaired) electrons. The molecule has 0 aromatic carbocycles. The number of H-pyrrole nitrogens is 2. The number of nitrogens with one attached hydrogen (secondary N) is 3. The lowest BCUT2D eigenvalue weighted by molar-refractivity contribution is -0.123. The van der Waals surface area contributed by atoms with Crippen LogP contribution in [0.15, 0.2) is 60.5 Å². The van der Waals surface area contributed by atoms with Crippen LogP contribution in [0.3, 0.4) is 0 Å². The summed E-state index contributed by atoms with van der Waals surface area (Å²) in [6.45, 7) is 5.60. The van der Waals surface area contributed by atoms with Crippen LogP contribution in [0.5, 0.6) is 0 Å². The molecule has 6 heterocycles. The van der Waals surface area contributed by atoms with E-state index in [-0.39, 0.29) is 5.91 Å². The van der Waals surface area contributed by atoms with Gasteiger partial charge >= 0.3 is 0 Å². The van der Waals surface area contributed by atoms with Crippen LogP contribution in [0.2, 0.25) is 0 Å². The number of thiophene rings is 1. The number of pyridine rings is 3. The first-order chi connectivity index (χ1) is 17.4. The molecule has 0 aliphatic heterocycles. The third kappa shape index (κ3) is 3.91. The van der Waals surface area contributed by atoms with Gasteiger partial charge in [0.05, 0.1) is 39.7 Å². The topological polar surface area (TPSA) is 125 Å². The Labute approximate surface area is 210 Å². The van der Waals surface area contributed by atoms with E-state index in [1.165, 1.54) is 0 Å². The molecule has 178 valence electrons. The van der Waals surface area contributed by atoms with Gasteiger partial charge in [-0.1, -0.05) is 26.8 Å². The fraction of sp³-hybridized carbons (Fsp3) is 0.154. The number of nitrogens with zero attached hydrogens (tertiary/aromatic N) is 5. The molecule has 1 amide bonds. The molecule has 6 aromatic heterocycles. The second-order valence-electron chi connectivity index (χ2n) is 9.47. The molecule has 0 bridgehead atoms. The van der Waals surface area contributed by atoms with E-state index < -0.39 is 5.41 Å². The molecule has 36 heavy (non-hydrogen) atoms. The Hall–Kier alpha value is -4.44. The lowest BCUT2D eigenvalue weighted by atomic mass is 9.95. The van der Waals surface area contributed by atoms with Crippen molar-refractivity contribution >= 4 is 44.9 Å². The molecule has 10 heteroatoms. The van der Waals surface area contributed by atoms with Gasteiger partial charge in [-0.15, -0.1) is 11.3 Å². The highest BCUT2D eigenvalue weighted by atomic mass is 32.1. The first-order valence-corrected chi connectivity index (χ1v) is 12.2. The van der Waals surface area contributed by atoms with Crippen LogP contribution in [0.25, 0.3) is 55.3 Å². The summed E-state index contributed by atoms with van der Waals surface area (Å²) in [5, 5.41) is 13.4. The summed E-state index contributed by atoms with van der Waals surface area (Å²) < 4.78 is 0. The molecule has 0 saturated carbocycles. The largest absolute Gasteiger partial charge is 0.336 e. The van der Waals surface area contributed by atoms with Crippen LogP contribution in [-0.2, 0) is 4.79 Å². The fourth-order valence-corrected chi connectivity index (χ4v) is 4.59. The summed E-state index contributed by atoms with van der Waals surface area (Å²) >= 11 is 1.63. The van der Waals surface area contributed by atoms with Crippen molar-refractivity contribution in [2.24, 2.45) is 5.41 Å². The number of hydrogen-bond donors (Lipinski definition) is 3. The summed E-state index contributed by atoms with van der Waals surface area (Å²) in [5.41, 5.74) is 5.60. The molecular weight excluding hydrogens is 472 g/mol. The van der Waals surface area contributed by atoms with Crippen molar-refractivity contribution in [1.82, 2.24) is 35.1 Å². The van der Waals surface area contributed by atoms with Crippen LogP contribution in [-0.4, -0.2) is 41.0 Å². The molecule has 0 aliphatic rings. The maximum Gasteiger partial charge on any atom is 0.229 e. The predicted molar refractivity (Wildman–Crippen MR) is 141 cm³/mol. The van der Waals surface area contributed by atoms with E-state index in [2.05, 4.69) is 35.5 Å². The second-order valence-corrected chi connectivity index (χ2v) is 10.4. The number of amides is 1. The Morgan fingerprint density at radius 3 is 2.72 bits per heavy atom. The van der Waals surface area contributed by atoms with Crippen LogP contribution in [0.4, 0.5) is 5.69 Å². The van der Waals surface area contributed by atoms with Crippen LogP contribution >= 0.6 is 11.3 Å². The normalized spacial score (nSPS) is 11.9. The minimum absolute atomic E-state index is 0.0803. The van der Waals surface area contributed by atoms with E-state index in [1.54, 1.807) is 36.1 Å². The first-order valence-electron chi connectivity index (χ1n) is 11.4. The van der Waals surface area contributed by atoms with Crippen LogP contribution in [0, 0.1) is 5.41 Å². The van der Waals surface area contributed by atoms with Crippen molar-refractivity contribution in [3.63, 3.8) is 0 Å². The maximum atomic E-state index is 12.4. The molecule has 0 saturated heterocycles. The lowest BCUT2D eigenvalue weighted by Gasteiger charge is -2.17. The highest BCUT2D eigenvalue weighted by molar-refractivity contribution is 7.13. The average Bonchev–Trinajstić information content (AvgIpc) is 3.62. The predicted octanol–water partition coefficient (Wildman–Crippen LogP) is 5.67. The average molecular weight is 495 g/mol.